The van der Waals surface area contributed by atoms with Crippen molar-refractivity contribution in [1.29, 1.82) is 0 Å². The molecule has 1 aliphatic rings. The summed E-state index contributed by atoms with van der Waals surface area (Å²) in [7, 11) is 1.40. The molecule has 0 heterocycles. The SMILES string of the molecule is COC(=O)CNC1CCCC1CN. The lowest BCUT2D eigenvalue weighted by Gasteiger charge is -2.18. The molecule has 2 atom stereocenters. The number of hydrogen-bond donors (Lipinski definition) is 2. The van der Waals surface area contributed by atoms with Gasteiger partial charge in [-0.2, -0.15) is 0 Å². The van der Waals surface area contributed by atoms with Crippen LogP contribution in [0.3, 0.4) is 0 Å². The summed E-state index contributed by atoms with van der Waals surface area (Å²) >= 11 is 0. The fourth-order valence-corrected chi connectivity index (χ4v) is 1.87. The monoisotopic (exact) mass is 186 g/mol. The first-order valence-corrected chi connectivity index (χ1v) is 4.78. The van der Waals surface area contributed by atoms with Crippen LogP contribution in [0.5, 0.6) is 0 Å². The van der Waals surface area contributed by atoms with E-state index in [1.54, 1.807) is 0 Å². The Morgan fingerprint density at radius 2 is 2.38 bits per heavy atom. The van der Waals surface area contributed by atoms with Crippen LogP contribution in [0.2, 0.25) is 0 Å². The third-order valence-electron chi connectivity index (χ3n) is 2.70. The molecule has 3 N–H and O–H groups in total. The second kappa shape index (κ2) is 5.19. The average molecular weight is 186 g/mol. The van der Waals surface area contributed by atoms with E-state index < -0.39 is 0 Å². The summed E-state index contributed by atoms with van der Waals surface area (Å²) in [5, 5.41) is 3.18. The van der Waals surface area contributed by atoms with E-state index in [1.165, 1.54) is 20.0 Å². The smallest absolute Gasteiger partial charge is 0.319 e. The van der Waals surface area contributed by atoms with Crippen molar-refractivity contribution < 1.29 is 9.53 Å². The molecular formula is C9H18N2O2. The van der Waals surface area contributed by atoms with Crippen molar-refractivity contribution in [3.63, 3.8) is 0 Å². The highest BCUT2D eigenvalue weighted by Gasteiger charge is 2.25. The fraction of sp³-hybridized carbons (Fsp3) is 0.889. The van der Waals surface area contributed by atoms with Crippen molar-refractivity contribution in [2.75, 3.05) is 20.2 Å². The van der Waals surface area contributed by atoms with Gasteiger partial charge in [0.1, 0.15) is 0 Å². The van der Waals surface area contributed by atoms with Crippen molar-refractivity contribution >= 4 is 5.97 Å². The van der Waals surface area contributed by atoms with Gasteiger partial charge in [0.2, 0.25) is 0 Å². The van der Waals surface area contributed by atoms with Crippen LogP contribution < -0.4 is 11.1 Å². The molecule has 0 aromatic rings. The molecule has 1 fully saturated rings. The van der Waals surface area contributed by atoms with Crippen LogP contribution in [0, 0.1) is 5.92 Å². The number of methoxy groups -OCH3 is 1. The van der Waals surface area contributed by atoms with Crippen molar-refractivity contribution in [3.05, 3.63) is 0 Å². The second-order valence-electron chi connectivity index (χ2n) is 3.49. The van der Waals surface area contributed by atoms with Crippen molar-refractivity contribution in [3.8, 4) is 0 Å². The molecule has 0 aliphatic heterocycles. The van der Waals surface area contributed by atoms with Crippen LogP contribution in [0.25, 0.3) is 0 Å². The van der Waals surface area contributed by atoms with Crippen LogP contribution in [0.4, 0.5) is 0 Å². The molecule has 0 aromatic heterocycles. The van der Waals surface area contributed by atoms with Gasteiger partial charge in [0.15, 0.2) is 0 Å². The fourth-order valence-electron chi connectivity index (χ4n) is 1.87. The van der Waals surface area contributed by atoms with E-state index in [0.717, 1.165) is 6.42 Å². The van der Waals surface area contributed by atoms with Gasteiger partial charge in [-0.15, -0.1) is 0 Å². The Kier molecular flexibility index (Phi) is 4.18. The second-order valence-corrected chi connectivity index (χ2v) is 3.49. The Morgan fingerprint density at radius 3 is 3.00 bits per heavy atom. The molecule has 1 aliphatic carbocycles. The lowest BCUT2D eigenvalue weighted by atomic mass is 10.0. The van der Waals surface area contributed by atoms with E-state index in [-0.39, 0.29) is 5.97 Å². The van der Waals surface area contributed by atoms with E-state index in [4.69, 9.17) is 5.73 Å². The zero-order chi connectivity index (χ0) is 9.68. The number of rotatable bonds is 4. The molecule has 13 heavy (non-hydrogen) atoms. The minimum Gasteiger partial charge on any atom is -0.468 e. The molecule has 0 bridgehead atoms. The largest absolute Gasteiger partial charge is 0.468 e. The van der Waals surface area contributed by atoms with Gasteiger partial charge in [-0.25, -0.2) is 0 Å². The van der Waals surface area contributed by atoms with E-state index >= 15 is 0 Å². The summed E-state index contributed by atoms with van der Waals surface area (Å²) in [6.45, 7) is 1.01. The van der Waals surface area contributed by atoms with Gasteiger partial charge >= 0.3 is 5.97 Å². The summed E-state index contributed by atoms with van der Waals surface area (Å²) in [6, 6.07) is 0.407. The Bertz CT molecular complexity index is 173. The van der Waals surface area contributed by atoms with E-state index in [2.05, 4.69) is 10.1 Å². The normalized spacial score (nSPS) is 27.5. The van der Waals surface area contributed by atoms with Crippen molar-refractivity contribution in [2.45, 2.75) is 25.3 Å². The van der Waals surface area contributed by atoms with Gasteiger partial charge < -0.3 is 15.8 Å². The number of hydrogen-bond acceptors (Lipinski definition) is 4. The Morgan fingerprint density at radius 1 is 1.62 bits per heavy atom. The Labute approximate surface area is 78.8 Å². The molecule has 2 unspecified atom stereocenters. The molecule has 0 radical (unpaired) electrons. The van der Waals surface area contributed by atoms with Crippen LogP contribution in [-0.2, 0) is 9.53 Å². The number of ether oxygens (including phenoxy) is 1. The van der Waals surface area contributed by atoms with Crippen molar-refractivity contribution in [2.24, 2.45) is 11.7 Å². The van der Waals surface area contributed by atoms with Gasteiger partial charge in [0.25, 0.3) is 0 Å². The molecule has 1 rings (SSSR count). The van der Waals surface area contributed by atoms with Crippen LogP contribution in [-0.4, -0.2) is 32.2 Å². The molecular weight excluding hydrogens is 168 g/mol. The predicted octanol–water partition coefficient (Wildman–Crippen LogP) is -0.124. The summed E-state index contributed by atoms with van der Waals surface area (Å²) in [5.41, 5.74) is 5.61. The van der Waals surface area contributed by atoms with Crippen LogP contribution >= 0.6 is 0 Å². The zero-order valence-electron chi connectivity index (χ0n) is 8.08. The number of carbonyl (C=O) groups excluding carboxylic acids is 1. The topological polar surface area (TPSA) is 64.3 Å². The van der Waals surface area contributed by atoms with Gasteiger partial charge in [0.05, 0.1) is 13.7 Å². The number of nitrogens with two attached hydrogens (primary N) is 1. The highest BCUT2D eigenvalue weighted by atomic mass is 16.5. The maximum absolute atomic E-state index is 10.8. The highest BCUT2D eigenvalue weighted by Crippen LogP contribution is 2.24. The van der Waals surface area contributed by atoms with Gasteiger partial charge in [-0.1, -0.05) is 6.42 Å². The Balaban J connectivity index is 2.23. The zero-order valence-corrected chi connectivity index (χ0v) is 8.08. The van der Waals surface area contributed by atoms with Gasteiger partial charge in [-0.05, 0) is 25.3 Å². The first kappa shape index (κ1) is 10.5. The third-order valence-corrected chi connectivity index (χ3v) is 2.70. The van der Waals surface area contributed by atoms with Gasteiger partial charge in [-0.3, -0.25) is 4.79 Å². The molecule has 0 aromatic carbocycles. The molecule has 4 nitrogen and oxygen atoms in total. The van der Waals surface area contributed by atoms with Crippen LogP contribution in [0.15, 0.2) is 0 Å². The average Bonchev–Trinajstić information content (AvgIpc) is 2.61. The summed E-state index contributed by atoms with van der Waals surface area (Å²) in [5.74, 6) is 0.326. The first-order valence-electron chi connectivity index (χ1n) is 4.78. The maximum atomic E-state index is 10.8. The summed E-state index contributed by atoms with van der Waals surface area (Å²) in [4.78, 5) is 10.8. The molecule has 1 saturated carbocycles. The molecule has 76 valence electrons. The predicted molar refractivity (Wildman–Crippen MR) is 50.2 cm³/mol. The van der Waals surface area contributed by atoms with E-state index in [0.29, 0.717) is 25.0 Å². The number of esters is 1. The lowest BCUT2D eigenvalue weighted by molar-refractivity contribution is -0.139. The van der Waals surface area contributed by atoms with E-state index in [9.17, 15) is 4.79 Å². The van der Waals surface area contributed by atoms with Crippen molar-refractivity contribution in [1.82, 2.24) is 5.32 Å². The number of nitrogens with one attached hydrogen (secondary N) is 1. The minimum absolute atomic E-state index is 0.206. The summed E-state index contributed by atoms with van der Waals surface area (Å²) < 4.78 is 4.55. The minimum atomic E-state index is -0.206. The standard InChI is InChI=1S/C9H18N2O2/c1-13-9(12)6-11-8-4-2-3-7(8)5-10/h7-8,11H,2-6,10H2,1H3. The van der Waals surface area contributed by atoms with Gasteiger partial charge in [0, 0.05) is 6.04 Å². The molecule has 0 spiro atoms. The molecule has 0 amide bonds. The number of carbonyl (C=O) groups is 1. The summed E-state index contributed by atoms with van der Waals surface area (Å²) in [6.07, 6.45) is 3.51. The van der Waals surface area contributed by atoms with Crippen LogP contribution in [0.1, 0.15) is 19.3 Å². The maximum Gasteiger partial charge on any atom is 0.319 e. The molecule has 0 saturated heterocycles. The Hall–Kier alpha value is -0.610. The molecule has 4 heteroatoms. The first-order chi connectivity index (χ1) is 6.27. The third kappa shape index (κ3) is 2.97. The lowest BCUT2D eigenvalue weighted by Crippen LogP contribution is -2.39. The quantitative estimate of drug-likeness (QED) is 0.601. The highest BCUT2D eigenvalue weighted by molar-refractivity contribution is 5.71. The van der Waals surface area contributed by atoms with E-state index in [1.807, 2.05) is 0 Å².